The maximum Gasteiger partial charge on any atom is 0.307 e. The summed E-state index contributed by atoms with van der Waals surface area (Å²) < 4.78 is 10.4. The Bertz CT molecular complexity index is 817. The minimum Gasteiger partial charge on any atom is -0.469 e. The lowest BCUT2D eigenvalue weighted by Gasteiger charge is -2.25. The number of aromatic nitrogens is 1. The van der Waals surface area contributed by atoms with Gasteiger partial charge in [0.25, 0.3) is 5.91 Å². The van der Waals surface area contributed by atoms with Crippen LogP contribution < -0.4 is 0 Å². The van der Waals surface area contributed by atoms with Gasteiger partial charge in [0.15, 0.2) is 0 Å². The van der Waals surface area contributed by atoms with E-state index in [0.717, 1.165) is 30.7 Å². The Morgan fingerprint density at radius 1 is 1.21 bits per heavy atom. The van der Waals surface area contributed by atoms with Crippen LogP contribution in [-0.4, -0.2) is 54.7 Å². The number of carbonyl (C=O) groups excluding carboxylic acids is 2. The highest BCUT2D eigenvalue weighted by Gasteiger charge is 2.25. The SMILES string of the molecule is COC(=O)CCN(CC1CCCO1)C(=O)c1ccc(-c2ccccc2)nc1C. The first kappa shape index (κ1) is 20.0. The molecule has 1 aromatic heterocycles. The van der Waals surface area contributed by atoms with Crippen LogP contribution >= 0.6 is 0 Å². The summed E-state index contributed by atoms with van der Waals surface area (Å²) >= 11 is 0. The van der Waals surface area contributed by atoms with Crippen LogP contribution in [0.2, 0.25) is 0 Å². The molecular formula is C22H26N2O4. The van der Waals surface area contributed by atoms with Crippen LogP contribution in [-0.2, 0) is 14.3 Å². The molecule has 2 aromatic rings. The van der Waals surface area contributed by atoms with E-state index in [1.807, 2.05) is 49.4 Å². The number of hydrogen-bond acceptors (Lipinski definition) is 5. The lowest BCUT2D eigenvalue weighted by Crippen LogP contribution is -2.39. The van der Waals surface area contributed by atoms with Crippen LogP contribution in [0.25, 0.3) is 11.3 Å². The highest BCUT2D eigenvalue weighted by Crippen LogP contribution is 2.21. The molecule has 1 unspecified atom stereocenters. The monoisotopic (exact) mass is 382 g/mol. The topological polar surface area (TPSA) is 68.7 Å². The number of amides is 1. The number of hydrogen-bond donors (Lipinski definition) is 0. The molecule has 0 spiro atoms. The second kappa shape index (κ2) is 9.46. The van der Waals surface area contributed by atoms with E-state index >= 15 is 0 Å². The maximum atomic E-state index is 13.2. The zero-order valence-electron chi connectivity index (χ0n) is 16.4. The fourth-order valence-electron chi connectivity index (χ4n) is 3.37. The number of esters is 1. The average molecular weight is 382 g/mol. The van der Waals surface area contributed by atoms with E-state index in [2.05, 4.69) is 4.98 Å². The molecular weight excluding hydrogens is 356 g/mol. The molecule has 0 bridgehead atoms. The van der Waals surface area contributed by atoms with Crippen molar-refractivity contribution in [3.05, 3.63) is 53.7 Å². The summed E-state index contributed by atoms with van der Waals surface area (Å²) in [4.78, 5) is 31.1. The van der Waals surface area contributed by atoms with Crippen molar-refractivity contribution in [1.29, 1.82) is 0 Å². The molecule has 1 fully saturated rings. The fourth-order valence-corrected chi connectivity index (χ4v) is 3.37. The van der Waals surface area contributed by atoms with Crippen molar-refractivity contribution < 1.29 is 19.1 Å². The molecule has 6 nitrogen and oxygen atoms in total. The minimum absolute atomic E-state index is 0.0125. The summed E-state index contributed by atoms with van der Waals surface area (Å²) in [5.74, 6) is -0.469. The van der Waals surface area contributed by atoms with Gasteiger partial charge in [0.05, 0.1) is 36.6 Å². The highest BCUT2D eigenvalue weighted by atomic mass is 16.5. The molecule has 1 aromatic carbocycles. The summed E-state index contributed by atoms with van der Waals surface area (Å²) in [5.41, 5.74) is 3.05. The van der Waals surface area contributed by atoms with Crippen molar-refractivity contribution in [3.8, 4) is 11.3 Å². The lowest BCUT2D eigenvalue weighted by atomic mass is 10.1. The molecule has 28 heavy (non-hydrogen) atoms. The van der Waals surface area contributed by atoms with Crippen molar-refractivity contribution in [2.75, 3.05) is 26.8 Å². The van der Waals surface area contributed by atoms with E-state index in [0.29, 0.717) is 24.3 Å². The third kappa shape index (κ3) is 4.95. The number of benzene rings is 1. The van der Waals surface area contributed by atoms with Gasteiger partial charge in [0.1, 0.15) is 0 Å². The second-order valence-corrected chi connectivity index (χ2v) is 6.91. The zero-order chi connectivity index (χ0) is 19.9. The van der Waals surface area contributed by atoms with Gasteiger partial charge in [-0.2, -0.15) is 0 Å². The Kier molecular flexibility index (Phi) is 6.76. The Hall–Kier alpha value is -2.73. The minimum atomic E-state index is -0.334. The average Bonchev–Trinajstić information content (AvgIpc) is 3.24. The Morgan fingerprint density at radius 3 is 2.64 bits per heavy atom. The molecule has 1 atom stereocenters. The number of methoxy groups -OCH3 is 1. The van der Waals surface area contributed by atoms with Crippen molar-refractivity contribution in [2.24, 2.45) is 0 Å². The van der Waals surface area contributed by atoms with E-state index in [9.17, 15) is 9.59 Å². The van der Waals surface area contributed by atoms with E-state index in [-0.39, 0.29) is 24.4 Å². The Morgan fingerprint density at radius 2 is 2.00 bits per heavy atom. The van der Waals surface area contributed by atoms with Crippen molar-refractivity contribution in [1.82, 2.24) is 9.88 Å². The molecule has 0 saturated carbocycles. The molecule has 1 saturated heterocycles. The smallest absolute Gasteiger partial charge is 0.307 e. The van der Waals surface area contributed by atoms with E-state index in [1.165, 1.54) is 7.11 Å². The maximum absolute atomic E-state index is 13.2. The van der Waals surface area contributed by atoms with Crippen LogP contribution in [0.1, 0.15) is 35.3 Å². The third-order valence-electron chi connectivity index (χ3n) is 4.93. The summed E-state index contributed by atoms with van der Waals surface area (Å²) in [6.45, 7) is 3.32. The number of aryl methyl sites for hydroxylation is 1. The molecule has 1 aliphatic rings. The van der Waals surface area contributed by atoms with Gasteiger partial charge in [-0.15, -0.1) is 0 Å². The normalized spacial score (nSPS) is 16.0. The number of rotatable bonds is 7. The van der Waals surface area contributed by atoms with Gasteiger partial charge in [-0.1, -0.05) is 30.3 Å². The van der Waals surface area contributed by atoms with E-state index in [4.69, 9.17) is 9.47 Å². The quantitative estimate of drug-likeness (QED) is 0.688. The Balaban J connectivity index is 1.79. The molecule has 1 aliphatic heterocycles. The molecule has 1 amide bonds. The molecule has 0 radical (unpaired) electrons. The van der Waals surface area contributed by atoms with E-state index < -0.39 is 0 Å². The van der Waals surface area contributed by atoms with Crippen LogP contribution in [0.15, 0.2) is 42.5 Å². The van der Waals surface area contributed by atoms with Crippen molar-refractivity contribution in [2.45, 2.75) is 32.3 Å². The molecule has 148 valence electrons. The molecule has 0 aliphatic carbocycles. The first-order valence-corrected chi connectivity index (χ1v) is 9.59. The van der Waals surface area contributed by atoms with E-state index in [1.54, 1.807) is 4.90 Å². The largest absolute Gasteiger partial charge is 0.469 e. The van der Waals surface area contributed by atoms with Crippen LogP contribution in [0.5, 0.6) is 0 Å². The van der Waals surface area contributed by atoms with Gasteiger partial charge in [0.2, 0.25) is 0 Å². The summed E-state index contributed by atoms with van der Waals surface area (Å²) in [6, 6.07) is 13.5. The summed E-state index contributed by atoms with van der Waals surface area (Å²) in [6.07, 6.45) is 2.09. The summed E-state index contributed by atoms with van der Waals surface area (Å²) in [5, 5.41) is 0. The predicted molar refractivity (Wildman–Crippen MR) is 106 cm³/mol. The number of carbonyl (C=O) groups is 2. The van der Waals surface area contributed by atoms with Crippen LogP contribution in [0.4, 0.5) is 0 Å². The highest BCUT2D eigenvalue weighted by molar-refractivity contribution is 5.95. The zero-order valence-corrected chi connectivity index (χ0v) is 16.4. The standard InChI is InChI=1S/C22H26N2O4/c1-16-19(10-11-20(23-16)17-7-4-3-5-8-17)22(26)24(13-12-21(25)27-2)15-18-9-6-14-28-18/h3-5,7-8,10-11,18H,6,9,12-15H2,1-2H3. The van der Waals surface area contributed by atoms with Gasteiger partial charge < -0.3 is 14.4 Å². The van der Waals surface area contributed by atoms with Gasteiger partial charge in [0, 0.05) is 25.3 Å². The second-order valence-electron chi connectivity index (χ2n) is 6.91. The van der Waals surface area contributed by atoms with Crippen LogP contribution in [0, 0.1) is 6.92 Å². The first-order chi connectivity index (χ1) is 13.6. The number of ether oxygens (including phenoxy) is 2. The molecule has 0 N–H and O–H groups in total. The molecule has 6 heteroatoms. The number of pyridine rings is 1. The lowest BCUT2D eigenvalue weighted by molar-refractivity contribution is -0.140. The van der Waals surface area contributed by atoms with Gasteiger partial charge in [-0.25, -0.2) is 0 Å². The molecule has 3 rings (SSSR count). The Labute approximate surface area is 165 Å². The third-order valence-corrected chi connectivity index (χ3v) is 4.93. The first-order valence-electron chi connectivity index (χ1n) is 9.59. The predicted octanol–water partition coefficient (Wildman–Crippen LogP) is 3.24. The van der Waals surface area contributed by atoms with Gasteiger partial charge in [-0.3, -0.25) is 14.6 Å². The van der Waals surface area contributed by atoms with Gasteiger partial charge in [-0.05, 0) is 31.9 Å². The number of nitrogens with zero attached hydrogens (tertiary/aromatic N) is 2. The molecule has 2 heterocycles. The van der Waals surface area contributed by atoms with Gasteiger partial charge >= 0.3 is 5.97 Å². The van der Waals surface area contributed by atoms with Crippen LogP contribution in [0.3, 0.4) is 0 Å². The fraction of sp³-hybridized carbons (Fsp3) is 0.409. The van der Waals surface area contributed by atoms with Crippen molar-refractivity contribution >= 4 is 11.9 Å². The summed E-state index contributed by atoms with van der Waals surface area (Å²) in [7, 11) is 1.35. The van der Waals surface area contributed by atoms with Crippen molar-refractivity contribution in [3.63, 3.8) is 0 Å².